The van der Waals surface area contributed by atoms with Crippen LogP contribution < -0.4 is 0 Å². The van der Waals surface area contributed by atoms with Gasteiger partial charge in [-0.25, -0.2) is 4.98 Å². The van der Waals surface area contributed by atoms with Gasteiger partial charge in [0.25, 0.3) is 5.91 Å². The molecule has 0 aromatic carbocycles. The van der Waals surface area contributed by atoms with E-state index in [4.69, 9.17) is 0 Å². The van der Waals surface area contributed by atoms with Crippen molar-refractivity contribution >= 4 is 23.2 Å². The molecule has 3 fully saturated rings. The third-order valence-corrected chi connectivity index (χ3v) is 7.82. The fourth-order valence-electron chi connectivity index (χ4n) is 4.65. The van der Waals surface area contributed by atoms with Crippen LogP contribution in [-0.2, 0) is 4.79 Å². The van der Waals surface area contributed by atoms with Crippen molar-refractivity contribution in [2.45, 2.75) is 25.3 Å². The molecule has 0 spiro atoms. The van der Waals surface area contributed by atoms with Gasteiger partial charge in [0, 0.05) is 81.7 Å². The van der Waals surface area contributed by atoms with Crippen LogP contribution >= 0.6 is 11.3 Å². The quantitative estimate of drug-likeness (QED) is 0.684. The molecule has 0 atom stereocenters. The number of carbonyl (C=O) groups excluding carboxylic acids is 2. The van der Waals surface area contributed by atoms with E-state index < -0.39 is 0 Å². The van der Waals surface area contributed by atoms with Gasteiger partial charge < -0.3 is 9.80 Å². The maximum Gasteiger partial charge on any atom is 0.273 e. The SMILES string of the molecule is O=C(CN1CCN(C(=O)c2csc(-c3ccncc3)n2)CC1)N1CCN(C2CCC2)CC1. The zero-order valence-electron chi connectivity index (χ0n) is 18.4. The molecule has 1 aliphatic carbocycles. The zero-order valence-corrected chi connectivity index (χ0v) is 19.2. The molecule has 2 aromatic heterocycles. The third-order valence-electron chi connectivity index (χ3n) is 6.93. The number of hydrogen-bond donors (Lipinski definition) is 0. The molecule has 2 aromatic rings. The van der Waals surface area contributed by atoms with Gasteiger partial charge in [-0.05, 0) is 25.0 Å². The molecule has 3 aliphatic rings. The van der Waals surface area contributed by atoms with Gasteiger partial charge in [-0.3, -0.25) is 24.4 Å². The maximum atomic E-state index is 12.9. The fraction of sp³-hybridized carbons (Fsp3) is 0.565. The van der Waals surface area contributed by atoms with Gasteiger partial charge in [-0.2, -0.15) is 0 Å². The first-order valence-electron chi connectivity index (χ1n) is 11.6. The summed E-state index contributed by atoms with van der Waals surface area (Å²) in [5, 5.41) is 2.66. The molecule has 9 heteroatoms. The number of nitrogens with zero attached hydrogens (tertiary/aromatic N) is 6. The van der Waals surface area contributed by atoms with Gasteiger partial charge in [-0.1, -0.05) is 6.42 Å². The smallest absolute Gasteiger partial charge is 0.273 e. The van der Waals surface area contributed by atoms with Crippen LogP contribution in [0.1, 0.15) is 29.8 Å². The Morgan fingerprint density at radius 2 is 1.62 bits per heavy atom. The number of piperazine rings is 2. The molecule has 2 saturated heterocycles. The largest absolute Gasteiger partial charge is 0.339 e. The van der Waals surface area contributed by atoms with Crippen LogP contribution in [-0.4, -0.2) is 106 Å². The topological polar surface area (TPSA) is 72.9 Å². The number of aromatic nitrogens is 2. The van der Waals surface area contributed by atoms with Crippen LogP contribution in [0.4, 0.5) is 0 Å². The Hall–Kier alpha value is -2.36. The van der Waals surface area contributed by atoms with Crippen molar-refractivity contribution in [3.8, 4) is 10.6 Å². The summed E-state index contributed by atoms with van der Waals surface area (Å²) in [5.74, 6) is 0.194. The lowest BCUT2D eigenvalue weighted by Crippen LogP contribution is -2.56. The average Bonchev–Trinajstić information content (AvgIpc) is 3.29. The van der Waals surface area contributed by atoms with Crippen molar-refractivity contribution in [1.82, 2.24) is 29.6 Å². The Labute approximate surface area is 192 Å². The molecule has 2 amide bonds. The molecule has 4 heterocycles. The first-order valence-corrected chi connectivity index (χ1v) is 12.4. The second-order valence-electron chi connectivity index (χ2n) is 8.84. The summed E-state index contributed by atoms with van der Waals surface area (Å²) >= 11 is 1.48. The first-order chi connectivity index (χ1) is 15.7. The van der Waals surface area contributed by atoms with E-state index in [1.807, 2.05) is 27.3 Å². The summed E-state index contributed by atoms with van der Waals surface area (Å²) in [6.45, 7) is 6.86. The number of carbonyl (C=O) groups is 2. The molecule has 0 unspecified atom stereocenters. The number of hydrogen-bond acceptors (Lipinski definition) is 7. The summed E-state index contributed by atoms with van der Waals surface area (Å²) in [5.41, 5.74) is 1.47. The van der Waals surface area contributed by atoms with Crippen LogP contribution in [0, 0.1) is 0 Å². The van der Waals surface area contributed by atoms with Gasteiger partial charge in [0.05, 0.1) is 6.54 Å². The fourth-order valence-corrected chi connectivity index (χ4v) is 5.45. The van der Waals surface area contributed by atoms with Gasteiger partial charge in [0.15, 0.2) is 0 Å². The molecule has 32 heavy (non-hydrogen) atoms. The van der Waals surface area contributed by atoms with E-state index >= 15 is 0 Å². The summed E-state index contributed by atoms with van der Waals surface area (Å²) in [4.78, 5) is 42.8. The van der Waals surface area contributed by atoms with Crippen molar-refractivity contribution in [3.63, 3.8) is 0 Å². The summed E-state index contributed by atoms with van der Waals surface area (Å²) in [7, 11) is 0. The van der Waals surface area contributed by atoms with Crippen LogP contribution in [0.5, 0.6) is 0 Å². The van der Waals surface area contributed by atoms with E-state index in [0.29, 0.717) is 25.3 Å². The van der Waals surface area contributed by atoms with Gasteiger partial charge in [0.2, 0.25) is 5.91 Å². The predicted octanol–water partition coefficient (Wildman–Crippen LogP) is 1.66. The Balaban J connectivity index is 1.08. The average molecular weight is 455 g/mol. The molecule has 1 saturated carbocycles. The highest BCUT2D eigenvalue weighted by Gasteiger charge is 2.30. The first kappa shape index (κ1) is 21.5. The Kier molecular flexibility index (Phi) is 6.47. The lowest BCUT2D eigenvalue weighted by atomic mass is 9.91. The van der Waals surface area contributed by atoms with E-state index in [1.54, 1.807) is 12.4 Å². The lowest BCUT2D eigenvalue weighted by molar-refractivity contribution is -0.135. The summed E-state index contributed by atoms with van der Waals surface area (Å²) in [6.07, 6.45) is 7.46. The van der Waals surface area contributed by atoms with E-state index in [9.17, 15) is 9.59 Å². The molecule has 8 nitrogen and oxygen atoms in total. The second-order valence-corrected chi connectivity index (χ2v) is 9.70. The zero-order chi connectivity index (χ0) is 21.9. The minimum atomic E-state index is -0.0281. The van der Waals surface area contributed by atoms with Crippen molar-refractivity contribution in [1.29, 1.82) is 0 Å². The van der Waals surface area contributed by atoms with E-state index in [2.05, 4.69) is 19.8 Å². The highest BCUT2D eigenvalue weighted by atomic mass is 32.1. The minimum Gasteiger partial charge on any atom is -0.339 e. The molecule has 2 aliphatic heterocycles. The second kappa shape index (κ2) is 9.64. The Bertz CT molecular complexity index is 931. The monoisotopic (exact) mass is 454 g/mol. The van der Waals surface area contributed by atoms with Crippen LogP contribution in [0.3, 0.4) is 0 Å². The molecule has 0 radical (unpaired) electrons. The normalized spacial score (nSPS) is 20.9. The molecular weight excluding hydrogens is 424 g/mol. The highest BCUT2D eigenvalue weighted by Crippen LogP contribution is 2.26. The predicted molar refractivity (Wildman–Crippen MR) is 123 cm³/mol. The number of thiazole rings is 1. The number of amides is 2. The Morgan fingerprint density at radius 1 is 0.938 bits per heavy atom. The summed E-state index contributed by atoms with van der Waals surface area (Å²) in [6, 6.07) is 4.56. The Morgan fingerprint density at radius 3 is 2.28 bits per heavy atom. The van der Waals surface area contributed by atoms with Crippen molar-refractivity contribution < 1.29 is 9.59 Å². The van der Waals surface area contributed by atoms with E-state index in [0.717, 1.165) is 55.9 Å². The van der Waals surface area contributed by atoms with Crippen molar-refractivity contribution in [2.24, 2.45) is 0 Å². The lowest BCUT2D eigenvalue weighted by Gasteiger charge is -2.43. The summed E-state index contributed by atoms with van der Waals surface area (Å²) < 4.78 is 0. The van der Waals surface area contributed by atoms with Crippen molar-refractivity contribution in [3.05, 3.63) is 35.6 Å². The molecular formula is C23H30N6O2S. The maximum absolute atomic E-state index is 12.9. The van der Waals surface area contributed by atoms with Gasteiger partial charge >= 0.3 is 0 Å². The molecule has 0 bridgehead atoms. The van der Waals surface area contributed by atoms with Gasteiger partial charge in [-0.15, -0.1) is 11.3 Å². The van der Waals surface area contributed by atoms with Crippen molar-refractivity contribution in [2.75, 3.05) is 58.9 Å². The van der Waals surface area contributed by atoms with E-state index in [1.165, 1.54) is 30.6 Å². The molecule has 0 N–H and O–H groups in total. The van der Waals surface area contributed by atoms with Crippen LogP contribution in [0.25, 0.3) is 10.6 Å². The minimum absolute atomic E-state index is 0.0281. The van der Waals surface area contributed by atoms with Gasteiger partial charge in [0.1, 0.15) is 10.7 Å². The third kappa shape index (κ3) is 4.69. The highest BCUT2D eigenvalue weighted by molar-refractivity contribution is 7.13. The number of pyridine rings is 1. The molecule has 5 rings (SSSR count). The van der Waals surface area contributed by atoms with Crippen LogP contribution in [0.15, 0.2) is 29.9 Å². The van der Waals surface area contributed by atoms with E-state index in [-0.39, 0.29) is 11.8 Å². The number of rotatable bonds is 5. The standard InChI is InChI=1S/C23H30N6O2S/c30-21(28-14-12-27(13-15-28)19-2-1-3-19)16-26-8-10-29(11-9-26)23(31)20-17-32-22(25-20)18-4-6-24-7-5-18/h4-7,17,19H,1-3,8-16H2. The molecule has 170 valence electrons. The van der Waals surface area contributed by atoms with Crippen LogP contribution in [0.2, 0.25) is 0 Å².